The fourth-order valence-electron chi connectivity index (χ4n) is 3.38. The molecule has 15 heteroatoms. The van der Waals surface area contributed by atoms with Crippen molar-refractivity contribution in [2.24, 2.45) is 0 Å². The largest absolute Gasteiger partial charge is 2.00 e. The Bertz CT molecular complexity index is 1160. The first-order valence-corrected chi connectivity index (χ1v) is 10.1. The minimum Gasteiger partial charge on any atom is -0.550 e. The summed E-state index contributed by atoms with van der Waals surface area (Å²) in [5, 5.41) is 29.9. The molecule has 0 radical (unpaired) electrons. The molecule has 35 heavy (non-hydrogen) atoms. The first-order valence-electron chi connectivity index (χ1n) is 10.1. The van der Waals surface area contributed by atoms with Crippen LogP contribution >= 0.6 is 0 Å². The number of aromatic nitrogens is 2. The number of anilines is 4. The van der Waals surface area contributed by atoms with E-state index in [-0.39, 0.29) is 73.7 Å². The molecule has 0 fully saturated rings. The van der Waals surface area contributed by atoms with Crippen molar-refractivity contribution in [1.29, 1.82) is 0 Å². The fraction of sp³-hybridized carbons (Fsp3) is 0.300. The van der Waals surface area contributed by atoms with Gasteiger partial charge in [0, 0.05) is 30.3 Å². The summed E-state index contributed by atoms with van der Waals surface area (Å²) >= 11 is 0. The molecular formula is C20H21CaN7O7. The van der Waals surface area contributed by atoms with Crippen molar-refractivity contribution >= 4 is 85.1 Å². The van der Waals surface area contributed by atoms with E-state index in [9.17, 15) is 34.2 Å². The van der Waals surface area contributed by atoms with E-state index < -0.39 is 41.9 Å². The van der Waals surface area contributed by atoms with E-state index in [0.29, 0.717) is 18.6 Å². The smallest absolute Gasteiger partial charge is 0.550 e. The van der Waals surface area contributed by atoms with Gasteiger partial charge in [0.2, 0.25) is 12.4 Å². The zero-order valence-electron chi connectivity index (χ0n) is 18.4. The minimum absolute atomic E-state index is 0. The van der Waals surface area contributed by atoms with Gasteiger partial charge in [0.1, 0.15) is 0 Å². The van der Waals surface area contributed by atoms with Crippen molar-refractivity contribution in [2.75, 3.05) is 34.4 Å². The van der Waals surface area contributed by atoms with Crippen LogP contribution in [0.2, 0.25) is 0 Å². The van der Waals surface area contributed by atoms with E-state index in [1.165, 1.54) is 17.0 Å². The first kappa shape index (κ1) is 27.9. The van der Waals surface area contributed by atoms with Crippen molar-refractivity contribution in [3.05, 3.63) is 40.2 Å². The zero-order chi connectivity index (χ0) is 24.8. The predicted molar refractivity (Wildman–Crippen MR) is 121 cm³/mol. The van der Waals surface area contributed by atoms with Gasteiger partial charge in [-0.2, -0.15) is 4.98 Å². The van der Waals surface area contributed by atoms with Crippen LogP contribution in [0.5, 0.6) is 0 Å². The van der Waals surface area contributed by atoms with Crippen molar-refractivity contribution in [3.8, 4) is 0 Å². The summed E-state index contributed by atoms with van der Waals surface area (Å²) in [5.74, 6) is -3.63. The summed E-state index contributed by atoms with van der Waals surface area (Å²) in [4.78, 5) is 65.4. The summed E-state index contributed by atoms with van der Waals surface area (Å²) in [6.07, 6.45) is -0.386. The molecule has 2 aromatic rings. The van der Waals surface area contributed by atoms with Crippen molar-refractivity contribution in [3.63, 3.8) is 0 Å². The molecule has 1 aliphatic rings. The van der Waals surface area contributed by atoms with E-state index in [1.54, 1.807) is 12.1 Å². The van der Waals surface area contributed by atoms with Crippen LogP contribution in [-0.4, -0.2) is 97.1 Å². The third-order valence-electron chi connectivity index (χ3n) is 5.10. The monoisotopic (exact) mass is 511 g/mol. The number of carboxylic acids is 2. The van der Waals surface area contributed by atoms with Crippen LogP contribution < -0.4 is 42.4 Å². The number of nitrogens with zero attached hydrogens (tertiary/aromatic N) is 2. The summed E-state index contributed by atoms with van der Waals surface area (Å²) in [7, 11) is 0. The number of hydrogen-bond donors (Lipinski definition) is 5. The van der Waals surface area contributed by atoms with Crippen LogP contribution in [0.25, 0.3) is 0 Å². The molecule has 0 unspecified atom stereocenters. The first-order chi connectivity index (χ1) is 16.2. The molecule has 1 aromatic heterocycles. The number of nitrogens with two attached hydrogens (primary N) is 1. The van der Waals surface area contributed by atoms with Crippen LogP contribution in [0.1, 0.15) is 23.2 Å². The number of aromatic amines is 1. The molecule has 1 aliphatic heterocycles. The van der Waals surface area contributed by atoms with Crippen LogP contribution in [-0.2, 0) is 14.4 Å². The molecule has 2 heterocycles. The normalized spacial score (nSPS) is 15.0. The molecule has 0 spiro atoms. The number of nitrogen functional groups attached to an aromatic ring is 1. The Balaban J connectivity index is 0.00000432. The van der Waals surface area contributed by atoms with Gasteiger partial charge in [0.25, 0.3) is 11.5 Å². The van der Waals surface area contributed by atoms with Crippen LogP contribution in [0, 0.1) is 0 Å². The Morgan fingerprint density at radius 3 is 2.54 bits per heavy atom. The number of H-pyrrole nitrogens is 1. The van der Waals surface area contributed by atoms with Gasteiger partial charge >= 0.3 is 37.7 Å². The summed E-state index contributed by atoms with van der Waals surface area (Å²) in [6.45, 7) is 0.544. The number of amides is 2. The standard InChI is InChI=1S/C20H23N7O7.Ca/c21-20-25-16-15(18(32)26-20)27(9-28)12(8-23-16)7-22-11-3-1-10(2-4-11)17(31)24-13(19(33)34)5-6-14(29)30;/h1-4,9,12-13,22H,5-8H2,(H,24,31)(H,29,30)(H,33,34)(H4,21,23,25,26,32);/q;+2/p-2/t12-,13-;/m0./s1. The number of rotatable bonds is 10. The van der Waals surface area contributed by atoms with Gasteiger partial charge in [-0.1, -0.05) is 0 Å². The van der Waals surface area contributed by atoms with Crippen LogP contribution in [0.4, 0.5) is 23.1 Å². The maximum absolute atomic E-state index is 12.3. The van der Waals surface area contributed by atoms with Crippen molar-refractivity contribution < 1.29 is 29.4 Å². The van der Waals surface area contributed by atoms with Gasteiger partial charge < -0.3 is 46.4 Å². The molecular weight excluding hydrogens is 490 g/mol. The molecule has 0 saturated heterocycles. The second-order valence-electron chi connectivity index (χ2n) is 7.41. The molecule has 6 N–H and O–H groups in total. The van der Waals surface area contributed by atoms with Gasteiger partial charge in [-0.15, -0.1) is 0 Å². The molecule has 0 aliphatic carbocycles. The van der Waals surface area contributed by atoms with E-state index >= 15 is 0 Å². The Labute approximate surface area is 228 Å². The van der Waals surface area contributed by atoms with Crippen molar-refractivity contribution in [1.82, 2.24) is 15.3 Å². The van der Waals surface area contributed by atoms with E-state index in [1.807, 2.05) is 0 Å². The van der Waals surface area contributed by atoms with E-state index in [2.05, 4.69) is 25.9 Å². The number of carbonyl (C=O) groups excluding carboxylic acids is 4. The molecule has 3 rings (SSSR count). The predicted octanol–water partition coefficient (Wildman–Crippen LogP) is -3.78. The number of carboxylic acid groups (broad SMARTS) is 2. The van der Waals surface area contributed by atoms with Crippen molar-refractivity contribution in [2.45, 2.75) is 24.9 Å². The van der Waals surface area contributed by atoms with Gasteiger partial charge in [-0.25, -0.2) is 0 Å². The topological polar surface area (TPSA) is 225 Å². The minimum atomic E-state index is -1.60. The maximum atomic E-state index is 12.3. The Hall–Kier alpha value is -3.36. The number of carbonyl (C=O) groups is 4. The van der Waals surface area contributed by atoms with Crippen LogP contribution in [0.3, 0.4) is 0 Å². The number of aliphatic carboxylic acids is 2. The quantitative estimate of drug-likeness (QED) is 0.154. The maximum Gasteiger partial charge on any atom is 2.00 e. The molecule has 0 bridgehead atoms. The number of fused-ring (bicyclic) bond motifs is 1. The second kappa shape index (κ2) is 12.4. The molecule has 2 amide bonds. The molecule has 2 atom stereocenters. The Morgan fingerprint density at radius 2 is 1.94 bits per heavy atom. The zero-order valence-corrected chi connectivity index (χ0v) is 20.6. The second-order valence-corrected chi connectivity index (χ2v) is 7.41. The fourth-order valence-corrected chi connectivity index (χ4v) is 3.38. The Morgan fingerprint density at radius 1 is 1.26 bits per heavy atom. The number of hydrogen-bond acceptors (Lipinski definition) is 11. The van der Waals surface area contributed by atoms with Gasteiger partial charge in [-0.3, -0.25) is 19.4 Å². The van der Waals surface area contributed by atoms with Crippen LogP contribution in [0.15, 0.2) is 29.1 Å². The van der Waals surface area contributed by atoms with Gasteiger partial charge in [0.05, 0.1) is 18.1 Å². The molecule has 1 aromatic carbocycles. The summed E-state index contributed by atoms with van der Waals surface area (Å²) in [6, 6.07) is 4.08. The third kappa shape index (κ3) is 7.07. The van der Waals surface area contributed by atoms with Gasteiger partial charge in [-0.05, 0) is 37.1 Å². The summed E-state index contributed by atoms with van der Waals surface area (Å²) in [5.41, 5.74) is 5.75. The molecule has 180 valence electrons. The summed E-state index contributed by atoms with van der Waals surface area (Å²) < 4.78 is 0. The van der Waals surface area contributed by atoms with E-state index in [0.717, 1.165) is 0 Å². The average molecular weight is 512 g/mol. The van der Waals surface area contributed by atoms with Gasteiger partial charge in [0.15, 0.2) is 11.5 Å². The average Bonchev–Trinajstić information content (AvgIpc) is 2.79. The Kier molecular flexibility index (Phi) is 9.86. The SMILES string of the molecule is Nc1nc2c(c(=O)[nH]1)N(C=O)[C@@H](CNc1ccc(C(=O)N[C@@H](CCC(=O)[O-])C(=O)[O-])cc1)CN2.[Ca+2]. The molecule has 14 nitrogen and oxygen atoms in total. The number of benzene rings is 1. The van der Waals surface area contributed by atoms with E-state index in [4.69, 9.17) is 5.73 Å². The number of nitrogens with one attached hydrogen (secondary N) is 4. The molecule has 0 saturated carbocycles. The third-order valence-corrected chi connectivity index (χ3v) is 5.10.